The van der Waals surface area contributed by atoms with Crippen LogP contribution in [0.15, 0.2) is 18.2 Å². The minimum atomic E-state index is -0.484. The van der Waals surface area contributed by atoms with Crippen LogP contribution in [0.1, 0.15) is 42.6 Å². The van der Waals surface area contributed by atoms with Crippen molar-refractivity contribution in [2.75, 3.05) is 6.61 Å². The van der Waals surface area contributed by atoms with Gasteiger partial charge >= 0.3 is 0 Å². The van der Waals surface area contributed by atoms with E-state index in [1.54, 1.807) is 0 Å². The Kier molecular flexibility index (Phi) is 3.85. The van der Waals surface area contributed by atoms with E-state index in [4.69, 9.17) is 4.74 Å². The van der Waals surface area contributed by atoms with Gasteiger partial charge < -0.3 is 9.84 Å². The Morgan fingerprint density at radius 1 is 1.35 bits per heavy atom. The molecule has 94 valence electrons. The van der Waals surface area contributed by atoms with Gasteiger partial charge in [-0.15, -0.1) is 0 Å². The van der Waals surface area contributed by atoms with E-state index < -0.39 is 6.10 Å². The van der Waals surface area contributed by atoms with Gasteiger partial charge in [0, 0.05) is 6.61 Å². The molecule has 2 nitrogen and oxygen atoms in total. The van der Waals surface area contributed by atoms with Crippen molar-refractivity contribution in [2.45, 2.75) is 45.8 Å². The molecule has 0 aliphatic heterocycles. The molecule has 0 amide bonds. The van der Waals surface area contributed by atoms with Gasteiger partial charge in [0.2, 0.25) is 0 Å². The molecule has 1 aliphatic rings. The highest BCUT2D eigenvalue weighted by Gasteiger charge is 2.37. The van der Waals surface area contributed by atoms with Crippen molar-refractivity contribution >= 4 is 0 Å². The van der Waals surface area contributed by atoms with Gasteiger partial charge in [0.25, 0.3) is 0 Å². The zero-order valence-electron chi connectivity index (χ0n) is 10.9. The number of aliphatic hydroxyl groups excluding tert-OH is 1. The molecule has 0 heterocycles. The first kappa shape index (κ1) is 12.6. The van der Waals surface area contributed by atoms with Crippen LogP contribution in [0, 0.1) is 19.8 Å². The SMILES string of the molecule is CCOC(C1CC1)C(O)c1cc(C)ccc1C. The lowest BCUT2D eigenvalue weighted by Gasteiger charge is -2.24. The summed E-state index contributed by atoms with van der Waals surface area (Å²) in [7, 11) is 0. The molecule has 1 aromatic rings. The molecule has 0 aromatic heterocycles. The lowest BCUT2D eigenvalue weighted by atomic mass is 9.95. The number of hydrogen-bond donors (Lipinski definition) is 1. The lowest BCUT2D eigenvalue weighted by molar-refractivity contribution is -0.0464. The second kappa shape index (κ2) is 5.19. The molecule has 0 radical (unpaired) electrons. The van der Waals surface area contributed by atoms with Crippen molar-refractivity contribution in [3.05, 3.63) is 34.9 Å². The molecule has 2 unspecified atom stereocenters. The Labute approximate surface area is 104 Å². The van der Waals surface area contributed by atoms with Crippen LogP contribution < -0.4 is 0 Å². The van der Waals surface area contributed by atoms with Crippen LogP contribution in [0.5, 0.6) is 0 Å². The van der Waals surface area contributed by atoms with Crippen molar-refractivity contribution in [1.82, 2.24) is 0 Å². The molecule has 1 fully saturated rings. The van der Waals surface area contributed by atoms with E-state index in [2.05, 4.69) is 25.1 Å². The Hall–Kier alpha value is -0.860. The molecule has 17 heavy (non-hydrogen) atoms. The Balaban J connectivity index is 2.21. The third-order valence-corrected chi connectivity index (χ3v) is 3.51. The standard InChI is InChI=1S/C15H22O2/c1-4-17-15(12-7-8-12)14(16)13-9-10(2)5-6-11(13)3/h5-6,9,12,14-16H,4,7-8H2,1-3H3. The smallest absolute Gasteiger partial charge is 0.106 e. The van der Waals surface area contributed by atoms with E-state index in [1.807, 2.05) is 13.8 Å². The molecule has 2 atom stereocenters. The van der Waals surface area contributed by atoms with Crippen molar-refractivity contribution in [3.8, 4) is 0 Å². The van der Waals surface area contributed by atoms with Gasteiger partial charge in [0.05, 0.1) is 6.10 Å². The quantitative estimate of drug-likeness (QED) is 0.848. The third-order valence-electron chi connectivity index (χ3n) is 3.51. The van der Waals surface area contributed by atoms with Crippen LogP contribution in [0.2, 0.25) is 0 Å². The minimum Gasteiger partial charge on any atom is -0.386 e. The van der Waals surface area contributed by atoms with Gasteiger partial charge in [-0.1, -0.05) is 23.8 Å². The molecule has 1 aliphatic carbocycles. The molecule has 1 saturated carbocycles. The second-order valence-corrected chi connectivity index (χ2v) is 5.06. The van der Waals surface area contributed by atoms with Crippen LogP contribution in [0.4, 0.5) is 0 Å². The summed E-state index contributed by atoms with van der Waals surface area (Å²) in [5.41, 5.74) is 3.36. The number of rotatable bonds is 5. The van der Waals surface area contributed by atoms with Crippen LogP contribution in [0.25, 0.3) is 0 Å². The summed E-state index contributed by atoms with van der Waals surface area (Å²) in [4.78, 5) is 0. The lowest BCUT2D eigenvalue weighted by Crippen LogP contribution is -2.25. The summed E-state index contributed by atoms with van der Waals surface area (Å²) < 4.78 is 5.73. The van der Waals surface area contributed by atoms with E-state index in [-0.39, 0.29) is 6.10 Å². The zero-order chi connectivity index (χ0) is 12.4. The van der Waals surface area contributed by atoms with Crippen LogP contribution >= 0.6 is 0 Å². The number of aryl methyl sites for hydroxylation is 2. The second-order valence-electron chi connectivity index (χ2n) is 5.06. The monoisotopic (exact) mass is 234 g/mol. The van der Waals surface area contributed by atoms with Crippen molar-refractivity contribution in [2.24, 2.45) is 5.92 Å². The minimum absolute atomic E-state index is 0.0273. The largest absolute Gasteiger partial charge is 0.386 e. The van der Waals surface area contributed by atoms with E-state index >= 15 is 0 Å². The van der Waals surface area contributed by atoms with Gasteiger partial charge in [-0.25, -0.2) is 0 Å². The summed E-state index contributed by atoms with van der Waals surface area (Å²) in [6.07, 6.45) is 1.86. The fourth-order valence-electron chi connectivity index (χ4n) is 2.36. The molecule has 0 bridgehead atoms. The summed E-state index contributed by atoms with van der Waals surface area (Å²) in [5, 5.41) is 10.5. The maximum absolute atomic E-state index is 10.5. The van der Waals surface area contributed by atoms with E-state index in [1.165, 1.54) is 18.4 Å². The van der Waals surface area contributed by atoms with Crippen molar-refractivity contribution in [1.29, 1.82) is 0 Å². The highest BCUT2D eigenvalue weighted by molar-refractivity contribution is 5.33. The van der Waals surface area contributed by atoms with E-state index in [0.29, 0.717) is 12.5 Å². The van der Waals surface area contributed by atoms with E-state index in [0.717, 1.165) is 11.1 Å². The summed E-state index contributed by atoms with van der Waals surface area (Å²) in [5.74, 6) is 0.546. The van der Waals surface area contributed by atoms with E-state index in [9.17, 15) is 5.11 Å². The maximum Gasteiger partial charge on any atom is 0.106 e. The number of aliphatic hydroxyl groups is 1. The average molecular weight is 234 g/mol. The predicted molar refractivity (Wildman–Crippen MR) is 69.0 cm³/mol. The Morgan fingerprint density at radius 2 is 2.06 bits per heavy atom. The molecule has 1 aromatic carbocycles. The Bertz CT molecular complexity index is 383. The molecule has 0 spiro atoms. The first-order chi connectivity index (χ1) is 8.13. The first-order valence-corrected chi connectivity index (χ1v) is 6.50. The molecule has 2 heteroatoms. The normalized spacial score (nSPS) is 19.1. The number of ether oxygens (including phenoxy) is 1. The topological polar surface area (TPSA) is 29.5 Å². The fourth-order valence-corrected chi connectivity index (χ4v) is 2.36. The molecular weight excluding hydrogens is 212 g/mol. The van der Waals surface area contributed by atoms with Crippen LogP contribution in [0.3, 0.4) is 0 Å². The molecule has 2 rings (SSSR count). The Morgan fingerprint density at radius 3 is 2.65 bits per heavy atom. The van der Waals surface area contributed by atoms with Crippen LogP contribution in [-0.2, 0) is 4.74 Å². The molecule has 1 N–H and O–H groups in total. The third kappa shape index (κ3) is 2.88. The summed E-state index contributed by atoms with van der Waals surface area (Å²) >= 11 is 0. The van der Waals surface area contributed by atoms with Gasteiger partial charge in [-0.05, 0) is 50.7 Å². The maximum atomic E-state index is 10.5. The average Bonchev–Trinajstić information content (AvgIpc) is 3.12. The van der Waals surface area contributed by atoms with Gasteiger partial charge in [-0.3, -0.25) is 0 Å². The molecular formula is C15H22O2. The summed E-state index contributed by atoms with van der Waals surface area (Å²) in [6.45, 7) is 6.77. The van der Waals surface area contributed by atoms with Crippen molar-refractivity contribution < 1.29 is 9.84 Å². The zero-order valence-corrected chi connectivity index (χ0v) is 10.9. The van der Waals surface area contributed by atoms with Gasteiger partial charge in [0.15, 0.2) is 0 Å². The predicted octanol–water partition coefficient (Wildman–Crippen LogP) is 3.15. The summed E-state index contributed by atoms with van der Waals surface area (Å²) in [6, 6.07) is 6.23. The van der Waals surface area contributed by atoms with Gasteiger partial charge in [-0.2, -0.15) is 0 Å². The highest BCUT2D eigenvalue weighted by atomic mass is 16.5. The number of hydrogen-bond acceptors (Lipinski definition) is 2. The fraction of sp³-hybridized carbons (Fsp3) is 0.600. The highest BCUT2D eigenvalue weighted by Crippen LogP contribution is 2.40. The number of benzene rings is 1. The first-order valence-electron chi connectivity index (χ1n) is 6.50. The molecule has 0 saturated heterocycles. The van der Waals surface area contributed by atoms with Gasteiger partial charge in [0.1, 0.15) is 6.10 Å². The van der Waals surface area contributed by atoms with Crippen LogP contribution in [-0.4, -0.2) is 17.8 Å². The van der Waals surface area contributed by atoms with Crippen molar-refractivity contribution in [3.63, 3.8) is 0 Å².